The minimum atomic E-state index is -0.644. The maximum absolute atomic E-state index is 13.6. The number of aliphatic imine (C=N–C) groups is 1. The molecule has 7 nitrogen and oxygen atoms in total. The number of carbonyl (C=O) groups excluding carboxylic acids is 1. The molecule has 0 radical (unpaired) electrons. The summed E-state index contributed by atoms with van der Waals surface area (Å²) in [6, 6.07) is 23.5. The Kier molecular flexibility index (Phi) is 5.23. The molecule has 5 rings (SSSR count). The second kappa shape index (κ2) is 8.34. The first-order valence-electron chi connectivity index (χ1n) is 10.7. The lowest BCUT2D eigenvalue weighted by Gasteiger charge is -2.31. The van der Waals surface area contributed by atoms with Crippen LogP contribution in [0, 0.1) is 5.92 Å². The van der Waals surface area contributed by atoms with Gasteiger partial charge in [0.05, 0.1) is 0 Å². The molecule has 1 aromatic heterocycles. The van der Waals surface area contributed by atoms with E-state index in [2.05, 4.69) is 38.7 Å². The van der Waals surface area contributed by atoms with Gasteiger partial charge in [-0.05, 0) is 45.7 Å². The normalized spacial score (nSPS) is 18.6. The van der Waals surface area contributed by atoms with Crippen molar-refractivity contribution in [1.82, 2.24) is 20.2 Å². The van der Waals surface area contributed by atoms with Crippen molar-refractivity contribution < 1.29 is 9.53 Å². The number of aromatic nitrogens is 4. The van der Waals surface area contributed by atoms with Crippen LogP contribution in [-0.2, 0) is 9.53 Å². The molecule has 3 atom stereocenters. The first kappa shape index (κ1) is 20.1. The molecular weight excluding hydrogens is 402 g/mol. The molecule has 2 heterocycles. The molecule has 0 saturated heterocycles. The maximum Gasteiger partial charge on any atom is 0.317 e. The second-order valence-corrected chi connectivity index (χ2v) is 7.91. The highest BCUT2D eigenvalue weighted by molar-refractivity contribution is 6.04. The fraction of sp³-hybridized carbons (Fsp3) is 0.240. The number of ether oxygens (including phenoxy) is 1. The predicted octanol–water partition coefficient (Wildman–Crippen LogP) is 4.83. The van der Waals surface area contributed by atoms with Gasteiger partial charge in [0.2, 0.25) is 0 Å². The van der Waals surface area contributed by atoms with Gasteiger partial charge < -0.3 is 4.74 Å². The number of carbonyl (C=O) groups is 1. The van der Waals surface area contributed by atoms with Gasteiger partial charge in [-0.25, -0.2) is 9.67 Å². The summed E-state index contributed by atoms with van der Waals surface area (Å²) in [5.41, 5.74) is 2.57. The average molecular weight is 425 g/mol. The van der Waals surface area contributed by atoms with Crippen LogP contribution in [0.3, 0.4) is 0 Å². The lowest BCUT2D eigenvalue weighted by molar-refractivity contribution is -0.153. The SMILES string of the molecule is CCC(OC(=O)C1C(C)=Nc2nnnn2C1c1cccc2ccccc12)c1ccccc1. The summed E-state index contributed by atoms with van der Waals surface area (Å²) in [4.78, 5) is 18.1. The molecule has 0 bridgehead atoms. The Balaban J connectivity index is 1.59. The van der Waals surface area contributed by atoms with Crippen LogP contribution in [0.1, 0.15) is 43.5 Å². The number of nitrogens with zero attached hydrogens (tertiary/aromatic N) is 5. The fourth-order valence-electron chi connectivity index (χ4n) is 4.43. The smallest absolute Gasteiger partial charge is 0.317 e. The number of tetrazole rings is 1. The maximum atomic E-state index is 13.6. The van der Waals surface area contributed by atoms with Gasteiger partial charge >= 0.3 is 5.97 Å². The molecule has 0 saturated carbocycles. The molecule has 0 spiro atoms. The molecule has 1 aliphatic heterocycles. The van der Waals surface area contributed by atoms with Crippen molar-refractivity contribution in [2.24, 2.45) is 10.9 Å². The van der Waals surface area contributed by atoms with Gasteiger partial charge in [-0.1, -0.05) is 84.8 Å². The van der Waals surface area contributed by atoms with Crippen LogP contribution in [0.5, 0.6) is 0 Å². The highest BCUT2D eigenvalue weighted by Gasteiger charge is 2.41. The van der Waals surface area contributed by atoms with Crippen LogP contribution in [-0.4, -0.2) is 31.9 Å². The molecule has 0 amide bonds. The molecule has 3 unspecified atom stereocenters. The molecule has 0 N–H and O–H groups in total. The summed E-state index contributed by atoms with van der Waals surface area (Å²) in [5.74, 6) is -0.588. The predicted molar refractivity (Wildman–Crippen MR) is 122 cm³/mol. The van der Waals surface area contributed by atoms with E-state index in [-0.39, 0.29) is 12.1 Å². The van der Waals surface area contributed by atoms with Crippen molar-refractivity contribution in [3.8, 4) is 0 Å². The summed E-state index contributed by atoms with van der Waals surface area (Å²) in [6.07, 6.45) is 0.341. The molecule has 3 aromatic carbocycles. The molecule has 4 aromatic rings. The number of benzene rings is 3. The Morgan fingerprint density at radius 1 is 1.03 bits per heavy atom. The van der Waals surface area contributed by atoms with Gasteiger partial charge in [-0.2, -0.15) is 0 Å². The fourth-order valence-corrected chi connectivity index (χ4v) is 4.43. The number of hydrogen-bond donors (Lipinski definition) is 0. The van der Waals surface area contributed by atoms with E-state index in [1.54, 1.807) is 4.68 Å². The Morgan fingerprint density at radius 3 is 2.59 bits per heavy atom. The first-order valence-corrected chi connectivity index (χ1v) is 10.7. The van der Waals surface area contributed by atoms with Crippen LogP contribution in [0.4, 0.5) is 5.95 Å². The Morgan fingerprint density at radius 2 is 1.78 bits per heavy atom. The zero-order valence-corrected chi connectivity index (χ0v) is 17.9. The van der Waals surface area contributed by atoms with Crippen molar-refractivity contribution in [3.05, 3.63) is 83.9 Å². The van der Waals surface area contributed by atoms with E-state index in [9.17, 15) is 4.79 Å². The molecule has 0 aliphatic carbocycles. The van der Waals surface area contributed by atoms with Crippen molar-refractivity contribution in [1.29, 1.82) is 0 Å². The summed E-state index contributed by atoms with van der Waals surface area (Å²) in [5, 5.41) is 14.2. The minimum Gasteiger partial charge on any atom is -0.457 e. The molecule has 1 aliphatic rings. The third-order valence-corrected chi connectivity index (χ3v) is 5.98. The van der Waals surface area contributed by atoms with E-state index < -0.39 is 12.0 Å². The zero-order valence-electron chi connectivity index (χ0n) is 17.9. The summed E-state index contributed by atoms with van der Waals surface area (Å²) in [6.45, 7) is 3.85. The Bertz CT molecular complexity index is 1290. The molecular formula is C25H23N5O2. The van der Waals surface area contributed by atoms with Crippen LogP contribution in [0.2, 0.25) is 0 Å². The van der Waals surface area contributed by atoms with E-state index in [1.807, 2.05) is 68.4 Å². The standard InChI is InChI=1S/C25H23N5O2/c1-3-21(18-11-5-4-6-12-18)32-24(31)22-16(2)26-25-27-28-29-30(25)23(22)20-15-9-13-17-10-7-8-14-19(17)20/h4-15,21-23H,3H2,1-2H3. The number of hydrogen-bond acceptors (Lipinski definition) is 6. The van der Waals surface area contributed by atoms with Crippen LogP contribution >= 0.6 is 0 Å². The number of esters is 1. The third kappa shape index (κ3) is 3.45. The summed E-state index contributed by atoms with van der Waals surface area (Å²) >= 11 is 0. The largest absolute Gasteiger partial charge is 0.457 e. The van der Waals surface area contributed by atoms with Crippen LogP contribution in [0.15, 0.2) is 77.8 Å². The van der Waals surface area contributed by atoms with E-state index >= 15 is 0 Å². The number of fused-ring (bicyclic) bond motifs is 2. The topological polar surface area (TPSA) is 82.3 Å². The number of rotatable bonds is 5. The van der Waals surface area contributed by atoms with E-state index in [1.165, 1.54) is 0 Å². The van der Waals surface area contributed by atoms with Gasteiger partial charge in [0.1, 0.15) is 18.1 Å². The lowest BCUT2D eigenvalue weighted by atomic mass is 9.86. The van der Waals surface area contributed by atoms with Gasteiger partial charge in [0.15, 0.2) is 0 Å². The van der Waals surface area contributed by atoms with Gasteiger partial charge in [0.25, 0.3) is 5.95 Å². The monoisotopic (exact) mass is 425 g/mol. The molecule has 160 valence electrons. The molecule has 0 fully saturated rings. The Hall–Kier alpha value is -3.87. The zero-order chi connectivity index (χ0) is 22.1. The van der Waals surface area contributed by atoms with Crippen molar-refractivity contribution >= 4 is 28.4 Å². The van der Waals surface area contributed by atoms with Gasteiger partial charge in [0, 0.05) is 5.71 Å². The van der Waals surface area contributed by atoms with Crippen molar-refractivity contribution in [2.75, 3.05) is 0 Å². The lowest BCUT2D eigenvalue weighted by Crippen LogP contribution is -2.37. The van der Waals surface area contributed by atoms with Crippen molar-refractivity contribution in [3.63, 3.8) is 0 Å². The van der Waals surface area contributed by atoms with Crippen LogP contribution < -0.4 is 0 Å². The first-order chi connectivity index (χ1) is 15.7. The molecule has 32 heavy (non-hydrogen) atoms. The van der Waals surface area contributed by atoms with E-state index in [0.29, 0.717) is 18.1 Å². The Labute approximate surface area is 185 Å². The van der Waals surface area contributed by atoms with Crippen molar-refractivity contribution in [2.45, 2.75) is 32.4 Å². The highest BCUT2D eigenvalue weighted by Crippen LogP contribution is 2.39. The summed E-state index contributed by atoms with van der Waals surface area (Å²) < 4.78 is 7.68. The minimum absolute atomic E-state index is 0.332. The molecule has 7 heteroatoms. The van der Waals surface area contributed by atoms with E-state index in [4.69, 9.17) is 4.74 Å². The third-order valence-electron chi connectivity index (χ3n) is 5.98. The van der Waals surface area contributed by atoms with E-state index in [0.717, 1.165) is 21.9 Å². The highest BCUT2D eigenvalue weighted by atomic mass is 16.5. The van der Waals surface area contributed by atoms with Gasteiger partial charge in [-0.3, -0.25) is 4.79 Å². The second-order valence-electron chi connectivity index (χ2n) is 7.91. The average Bonchev–Trinajstić information content (AvgIpc) is 3.30. The quantitative estimate of drug-likeness (QED) is 0.428. The van der Waals surface area contributed by atoms with Gasteiger partial charge in [-0.15, -0.1) is 0 Å². The van der Waals surface area contributed by atoms with Crippen LogP contribution in [0.25, 0.3) is 10.8 Å². The summed E-state index contributed by atoms with van der Waals surface area (Å²) in [7, 11) is 0.